The Hall–Kier alpha value is -3.18. The first kappa shape index (κ1) is 19.2. The first-order valence-electron chi connectivity index (χ1n) is 8.51. The zero-order valence-electron chi connectivity index (χ0n) is 15.2. The number of halogens is 1. The number of anilines is 1. The summed E-state index contributed by atoms with van der Waals surface area (Å²) in [7, 11) is 0. The molecule has 0 atom stereocenters. The van der Waals surface area contributed by atoms with Gasteiger partial charge in [0.05, 0.1) is 22.0 Å². The first-order valence-corrected chi connectivity index (χ1v) is 10.4. The zero-order valence-corrected chi connectivity index (χ0v) is 16.9. The van der Waals surface area contributed by atoms with E-state index in [4.69, 9.17) is 5.84 Å². The Morgan fingerprint density at radius 3 is 2.79 bits per heavy atom. The highest BCUT2D eigenvalue weighted by Crippen LogP contribution is 2.25. The van der Waals surface area contributed by atoms with E-state index < -0.39 is 0 Å². The molecule has 8 nitrogen and oxygen atoms in total. The number of carbonyl (C=O) groups excluding carboxylic acids is 1. The highest BCUT2D eigenvalue weighted by Gasteiger charge is 2.16. The number of hydrogen-bond donors (Lipinski definition) is 2. The number of nitrogens with zero attached hydrogens (tertiary/aromatic N) is 5. The van der Waals surface area contributed by atoms with E-state index >= 15 is 0 Å². The molecule has 0 saturated carbocycles. The molecule has 0 radical (unpaired) electrons. The molecule has 1 aromatic carbocycles. The fourth-order valence-corrected chi connectivity index (χ4v) is 3.99. The summed E-state index contributed by atoms with van der Waals surface area (Å²) in [6, 6.07) is 11.4. The number of nitrogens with two attached hydrogens (primary N) is 1. The number of thiophene rings is 1. The van der Waals surface area contributed by atoms with Crippen molar-refractivity contribution in [3.63, 3.8) is 0 Å². The Labute approximate surface area is 173 Å². The van der Waals surface area contributed by atoms with Crippen molar-refractivity contribution in [1.82, 2.24) is 24.7 Å². The van der Waals surface area contributed by atoms with Gasteiger partial charge in [-0.3, -0.25) is 4.79 Å². The third-order valence-corrected chi connectivity index (χ3v) is 5.72. The van der Waals surface area contributed by atoms with Gasteiger partial charge in [0, 0.05) is 6.07 Å². The maximum absolute atomic E-state index is 13.2. The lowest BCUT2D eigenvalue weighted by Crippen LogP contribution is -2.18. The first-order chi connectivity index (χ1) is 14.0. The minimum absolute atomic E-state index is 0.0907. The van der Waals surface area contributed by atoms with E-state index in [9.17, 15) is 9.18 Å². The van der Waals surface area contributed by atoms with Gasteiger partial charge in [-0.25, -0.2) is 13.7 Å². The SMILES string of the molecule is Cc1cc(NC(=O)CSc2nnc(-c3cccs3)n2N)n(-c2ccc(F)cc2)n1. The molecule has 0 fully saturated rings. The van der Waals surface area contributed by atoms with Gasteiger partial charge in [0.1, 0.15) is 11.6 Å². The molecule has 4 rings (SSSR count). The molecule has 11 heteroatoms. The molecule has 0 unspecified atom stereocenters. The number of amides is 1. The van der Waals surface area contributed by atoms with Gasteiger partial charge < -0.3 is 11.2 Å². The minimum Gasteiger partial charge on any atom is -0.335 e. The number of aryl methyl sites for hydroxylation is 1. The fourth-order valence-electron chi connectivity index (χ4n) is 2.63. The largest absolute Gasteiger partial charge is 0.335 e. The van der Waals surface area contributed by atoms with Crippen LogP contribution in [0.15, 0.2) is 53.0 Å². The second-order valence-corrected chi connectivity index (χ2v) is 7.94. The van der Waals surface area contributed by atoms with Crippen molar-refractivity contribution < 1.29 is 9.18 Å². The summed E-state index contributed by atoms with van der Waals surface area (Å²) < 4.78 is 16.1. The molecule has 0 aliphatic carbocycles. The maximum Gasteiger partial charge on any atom is 0.236 e. The zero-order chi connectivity index (χ0) is 20.4. The van der Waals surface area contributed by atoms with E-state index in [0.29, 0.717) is 22.5 Å². The van der Waals surface area contributed by atoms with Crippen LogP contribution in [-0.2, 0) is 4.79 Å². The van der Waals surface area contributed by atoms with Gasteiger partial charge in [-0.15, -0.1) is 21.5 Å². The van der Waals surface area contributed by atoms with Crippen molar-refractivity contribution in [3.8, 4) is 16.4 Å². The molecule has 1 amide bonds. The molecular weight excluding hydrogens is 413 g/mol. The van der Waals surface area contributed by atoms with Crippen molar-refractivity contribution in [1.29, 1.82) is 0 Å². The number of hydrogen-bond acceptors (Lipinski definition) is 7. The molecule has 0 saturated heterocycles. The van der Waals surface area contributed by atoms with Gasteiger partial charge in [0.15, 0.2) is 5.82 Å². The Morgan fingerprint density at radius 1 is 1.28 bits per heavy atom. The van der Waals surface area contributed by atoms with Crippen molar-refractivity contribution >= 4 is 34.8 Å². The molecule has 29 heavy (non-hydrogen) atoms. The van der Waals surface area contributed by atoms with E-state index in [-0.39, 0.29) is 17.5 Å². The van der Waals surface area contributed by atoms with Crippen LogP contribution in [0.5, 0.6) is 0 Å². The predicted octanol–water partition coefficient (Wildman–Crippen LogP) is 3.08. The van der Waals surface area contributed by atoms with E-state index in [1.165, 1.54) is 39.9 Å². The number of benzene rings is 1. The highest BCUT2D eigenvalue weighted by molar-refractivity contribution is 7.99. The molecule has 0 aliphatic heterocycles. The number of nitrogens with one attached hydrogen (secondary N) is 1. The fraction of sp³-hybridized carbons (Fsp3) is 0.111. The Morgan fingerprint density at radius 2 is 2.07 bits per heavy atom. The van der Waals surface area contributed by atoms with Gasteiger partial charge in [-0.05, 0) is 42.6 Å². The van der Waals surface area contributed by atoms with Crippen LogP contribution in [0.2, 0.25) is 0 Å². The summed E-state index contributed by atoms with van der Waals surface area (Å²) in [6.07, 6.45) is 0. The van der Waals surface area contributed by atoms with E-state index in [1.807, 2.05) is 24.4 Å². The Balaban J connectivity index is 1.44. The third kappa shape index (κ3) is 4.15. The van der Waals surface area contributed by atoms with Crippen molar-refractivity contribution in [3.05, 3.63) is 59.4 Å². The molecule has 0 bridgehead atoms. The molecule has 4 aromatic rings. The van der Waals surface area contributed by atoms with Crippen LogP contribution in [0.4, 0.5) is 10.2 Å². The lowest BCUT2D eigenvalue weighted by Gasteiger charge is -2.09. The highest BCUT2D eigenvalue weighted by atomic mass is 32.2. The van der Waals surface area contributed by atoms with Gasteiger partial charge in [-0.2, -0.15) is 5.10 Å². The summed E-state index contributed by atoms with van der Waals surface area (Å²) in [5.41, 5.74) is 1.37. The minimum atomic E-state index is -0.340. The summed E-state index contributed by atoms with van der Waals surface area (Å²) in [5, 5.41) is 17.7. The Bertz CT molecular complexity index is 1140. The van der Waals surface area contributed by atoms with Crippen LogP contribution in [0.1, 0.15) is 5.69 Å². The summed E-state index contributed by atoms with van der Waals surface area (Å²) in [4.78, 5) is 13.3. The molecule has 0 spiro atoms. The van der Waals surface area contributed by atoms with E-state index in [0.717, 1.165) is 10.6 Å². The maximum atomic E-state index is 13.2. The summed E-state index contributed by atoms with van der Waals surface area (Å²) in [6.45, 7) is 1.81. The predicted molar refractivity (Wildman–Crippen MR) is 111 cm³/mol. The average molecular weight is 430 g/mol. The number of carbonyl (C=O) groups is 1. The molecule has 3 aromatic heterocycles. The molecular formula is C18H16FN7OS2. The van der Waals surface area contributed by atoms with E-state index in [2.05, 4.69) is 20.6 Å². The van der Waals surface area contributed by atoms with Gasteiger partial charge >= 0.3 is 0 Å². The topological polar surface area (TPSA) is 104 Å². The molecule has 3 N–H and O–H groups in total. The Kier molecular flexibility index (Phi) is 5.32. The number of aromatic nitrogens is 5. The number of rotatable bonds is 6. The standard InChI is InChI=1S/C18H16FN7OS2/c1-11-9-15(26(24-11)13-6-4-12(19)5-7-13)21-16(27)10-29-18-23-22-17(25(18)20)14-3-2-8-28-14/h2-9H,10,20H2,1H3,(H,21,27). The molecule has 148 valence electrons. The van der Waals surface area contributed by atoms with E-state index in [1.54, 1.807) is 22.9 Å². The number of thioether (sulfide) groups is 1. The molecule has 0 aliphatic rings. The van der Waals surface area contributed by atoms with Crippen LogP contribution >= 0.6 is 23.1 Å². The van der Waals surface area contributed by atoms with Crippen molar-refractivity contribution in [2.24, 2.45) is 0 Å². The van der Waals surface area contributed by atoms with Crippen LogP contribution in [0.25, 0.3) is 16.4 Å². The second-order valence-electron chi connectivity index (χ2n) is 6.05. The van der Waals surface area contributed by atoms with Crippen LogP contribution in [0.3, 0.4) is 0 Å². The lowest BCUT2D eigenvalue weighted by atomic mass is 10.3. The van der Waals surface area contributed by atoms with Crippen LogP contribution in [0, 0.1) is 12.7 Å². The van der Waals surface area contributed by atoms with Crippen molar-refractivity contribution in [2.45, 2.75) is 12.1 Å². The summed E-state index contributed by atoms with van der Waals surface area (Å²) >= 11 is 2.69. The van der Waals surface area contributed by atoms with Gasteiger partial charge in [0.25, 0.3) is 0 Å². The molecule has 3 heterocycles. The van der Waals surface area contributed by atoms with Crippen molar-refractivity contribution in [2.75, 3.05) is 16.9 Å². The lowest BCUT2D eigenvalue weighted by molar-refractivity contribution is -0.113. The second kappa shape index (κ2) is 8.05. The average Bonchev–Trinajstić information content (AvgIpc) is 3.42. The van der Waals surface area contributed by atoms with Gasteiger partial charge in [0.2, 0.25) is 11.1 Å². The normalized spacial score (nSPS) is 11.0. The summed E-state index contributed by atoms with van der Waals surface area (Å²) in [5.74, 6) is 6.59. The van der Waals surface area contributed by atoms with Crippen LogP contribution in [-0.4, -0.2) is 36.3 Å². The number of nitrogen functional groups attached to an aromatic ring is 1. The third-order valence-electron chi connectivity index (χ3n) is 3.91. The van der Waals surface area contributed by atoms with Crippen LogP contribution < -0.4 is 11.2 Å². The smallest absolute Gasteiger partial charge is 0.236 e. The van der Waals surface area contributed by atoms with Gasteiger partial charge in [-0.1, -0.05) is 17.8 Å². The quantitative estimate of drug-likeness (QED) is 0.361. The monoisotopic (exact) mass is 429 g/mol.